The van der Waals surface area contributed by atoms with Gasteiger partial charge >= 0.3 is 11.9 Å². The fourth-order valence-corrected chi connectivity index (χ4v) is 4.31. The highest BCUT2D eigenvalue weighted by Crippen LogP contribution is 2.32. The van der Waals surface area contributed by atoms with Crippen molar-refractivity contribution in [3.63, 3.8) is 0 Å². The van der Waals surface area contributed by atoms with Crippen molar-refractivity contribution in [3.05, 3.63) is 35.4 Å². The fourth-order valence-electron chi connectivity index (χ4n) is 4.31. The summed E-state index contributed by atoms with van der Waals surface area (Å²) in [5.41, 5.74) is 2.17. The molecule has 0 N–H and O–H groups in total. The third-order valence-electron chi connectivity index (χ3n) is 6.37. The van der Waals surface area contributed by atoms with Gasteiger partial charge in [0.25, 0.3) is 0 Å². The van der Waals surface area contributed by atoms with Crippen LogP contribution in [0.4, 0.5) is 0 Å². The minimum absolute atomic E-state index is 0.286. The molecule has 1 rings (SSSR count). The molecular formula is C30H48O4. The van der Waals surface area contributed by atoms with E-state index < -0.39 is 11.9 Å². The molecular weight excluding hydrogens is 424 g/mol. The summed E-state index contributed by atoms with van der Waals surface area (Å²) in [6, 6.07) is 5.37. The van der Waals surface area contributed by atoms with E-state index in [1.807, 2.05) is 12.1 Å². The Morgan fingerprint density at radius 2 is 1.35 bits per heavy atom. The maximum atomic E-state index is 11.6. The molecule has 0 saturated carbocycles. The third kappa shape index (κ3) is 13.6. The first-order valence-corrected chi connectivity index (χ1v) is 13.2. The summed E-state index contributed by atoms with van der Waals surface area (Å²) in [4.78, 5) is 22.9. The van der Waals surface area contributed by atoms with Crippen LogP contribution < -0.4 is 9.47 Å². The largest absolute Gasteiger partial charge is 0.423 e. The molecule has 0 aliphatic carbocycles. The molecule has 2 atom stereocenters. The van der Waals surface area contributed by atoms with Gasteiger partial charge < -0.3 is 9.47 Å². The van der Waals surface area contributed by atoms with Crippen LogP contribution in [0.25, 0.3) is 0 Å². The lowest BCUT2D eigenvalue weighted by Gasteiger charge is -2.15. The molecule has 0 bridgehead atoms. The van der Waals surface area contributed by atoms with Gasteiger partial charge in [0.2, 0.25) is 0 Å². The van der Waals surface area contributed by atoms with Crippen LogP contribution in [-0.2, 0) is 16.0 Å². The maximum absolute atomic E-state index is 11.6. The van der Waals surface area contributed by atoms with Crippen molar-refractivity contribution in [3.8, 4) is 11.5 Å². The van der Waals surface area contributed by atoms with Crippen molar-refractivity contribution in [2.24, 2.45) is 17.8 Å². The summed E-state index contributed by atoms with van der Waals surface area (Å²) in [6.45, 7) is 14.3. The number of carbonyl (C=O) groups excluding carboxylic acids is 2. The molecule has 0 radical (unpaired) electrons. The number of esters is 2. The van der Waals surface area contributed by atoms with Gasteiger partial charge in [-0.15, -0.1) is 0 Å². The van der Waals surface area contributed by atoms with Gasteiger partial charge in [0, 0.05) is 19.4 Å². The molecule has 0 spiro atoms. The zero-order valence-electron chi connectivity index (χ0n) is 22.7. The lowest BCUT2D eigenvalue weighted by atomic mass is 9.91. The summed E-state index contributed by atoms with van der Waals surface area (Å²) in [6.07, 6.45) is 14.5. The van der Waals surface area contributed by atoms with Crippen LogP contribution >= 0.6 is 0 Å². The number of rotatable bonds is 16. The molecule has 0 aliphatic heterocycles. The predicted molar refractivity (Wildman–Crippen MR) is 141 cm³/mol. The number of benzene rings is 1. The fraction of sp³-hybridized carbons (Fsp3) is 0.667. The monoisotopic (exact) mass is 472 g/mol. The first-order chi connectivity index (χ1) is 16.1. The standard InChI is InChI=1S/C30H48O4/c1-22(2)12-8-13-23(3)14-9-15-24(4)16-10-17-25(5)20-21-28-18-11-19-29(33-26(6)31)30(28)34-27(7)32/h11,18-20,22-24H,8-10,12-17,21H2,1-7H3. The van der Waals surface area contributed by atoms with Crippen LogP contribution in [0.15, 0.2) is 29.8 Å². The molecule has 2 unspecified atom stereocenters. The second-order valence-electron chi connectivity index (χ2n) is 10.5. The quantitative estimate of drug-likeness (QED) is 0.137. The van der Waals surface area contributed by atoms with E-state index in [4.69, 9.17) is 9.47 Å². The average molecular weight is 473 g/mol. The SMILES string of the molecule is CC(=O)Oc1cccc(CC=C(C)CCCC(C)CCCC(C)CCCC(C)C)c1OC(C)=O. The molecule has 0 heterocycles. The number of ether oxygens (including phenoxy) is 2. The van der Waals surface area contributed by atoms with Crippen LogP contribution in [0.5, 0.6) is 11.5 Å². The number of hydrogen-bond acceptors (Lipinski definition) is 4. The molecule has 0 saturated heterocycles. The molecule has 0 aromatic heterocycles. The Morgan fingerprint density at radius 1 is 0.794 bits per heavy atom. The van der Waals surface area contributed by atoms with Gasteiger partial charge in [-0.1, -0.05) is 96.4 Å². The topological polar surface area (TPSA) is 52.6 Å². The normalized spacial score (nSPS) is 13.6. The highest BCUT2D eigenvalue weighted by molar-refractivity contribution is 5.74. The molecule has 4 heteroatoms. The molecule has 0 fully saturated rings. The maximum Gasteiger partial charge on any atom is 0.308 e. The van der Waals surface area contributed by atoms with Crippen molar-refractivity contribution in [1.82, 2.24) is 0 Å². The van der Waals surface area contributed by atoms with Gasteiger partial charge in [-0.25, -0.2) is 0 Å². The Balaban J connectivity index is 2.44. The van der Waals surface area contributed by atoms with Gasteiger partial charge in [-0.05, 0) is 50.0 Å². The molecule has 0 amide bonds. The van der Waals surface area contributed by atoms with E-state index in [1.54, 1.807) is 6.07 Å². The second kappa shape index (κ2) is 16.5. The zero-order chi connectivity index (χ0) is 25.5. The van der Waals surface area contributed by atoms with Gasteiger partial charge in [0.15, 0.2) is 11.5 Å². The van der Waals surface area contributed by atoms with Gasteiger partial charge in [0.05, 0.1) is 0 Å². The smallest absolute Gasteiger partial charge is 0.308 e. The summed E-state index contributed by atoms with van der Waals surface area (Å²) in [7, 11) is 0. The van der Waals surface area contributed by atoms with E-state index in [-0.39, 0.29) is 5.75 Å². The number of carbonyl (C=O) groups is 2. The van der Waals surface area contributed by atoms with Crippen molar-refractivity contribution in [2.75, 3.05) is 0 Å². The number of allylic oxidation sites excluding steroid dienone is 2. The zero-order valence-corrected chi connectivity index (χ0v) is 22.7. The van der Waals surface area contributed by atoms with Crippen LogP contribution in [0, 0.1) is 17.8 Å². The first-order valence-electron chi connectivity index (χ1n) is 13.2. The predicted octanol–water partition coefficient (Wildman–Crippen LogP) is 8.47. The highest BCUT2D eigenvalue weighted by Gasteiger charge is 2.14. The molecule has 0 aliphatic rings. The van der Waals surface area contributed by atoms with Crippen LogP contribution in [-0.4, -0.2) is 11.9 Å². The number of hydrogen-bond donors (Lipinski definition) is 0. The van der Waals surface area contributed by atoms with Crippen molar-refractivity contribution < 1.29 is 19.1 Å². The molecule has 1 aromatic carbocycles. The Bertz CT molecular complexity index is 778. The lowest BCUT2D eigenvalue weighted by Crippen LogP contribution is -2.09. The van der Waals surface area contributed by atoms with Crippen LogP contribution in [0.3, 0.4) is 0 Å². The van der Waals surface area contributed by atoms with Crippen molar-refractivity contribution >= 4 is 11.9 Å². The summed E-state index contributed by atoms with van der Waals surface area (Å²) in [5, 5.41) is 0. The van der Waals surface area contributed by atoms with Crippen LogP contribution in [0.1, 0.15) is 112 Å². The van der Waals surface area contributed by atoms with Crippen LogP contribution in [0.2, 0.25) is 0 Å². The minimum atomic E-state index is -0.438. The van der Waals surface area contributed by atoms with E-state index in [2.05, 4.69) is 40.7 Å². The lowest BCUT2D eigenvalue weighted by molar-refractivity contribution is -0.134. The molecule has 1 aromatic rings. The molecule has 34 heavy (non-hydrogen) atoms. The van der Waals surface area contributed by atoms with E-state index in [0.717, 1.165) is 29.7 Å². The van der Waals surface area contributed by atoms with E-state index >= 15 is 0 Å². The van der Waals surface area contributed by atoms with Gasteiger partial charge in [-0.3, -0.25) is 9.59 Å². The van der Waals surface area contributed by atoms with E-state index in [0.29, 0.717) is 12.2 Å². The minimum Gasteiger partial charge on any atom is -0.423 e. The van der Waals surface area contributed by atoms with Gasteiger partial charge in [-0.2, -0.15) is 0 Å². The number of para-hydroxylation sites is 1. The Hall–Kier alpha value is -2.10. The van der Waals surface area contributed by atoms with Gasteiger partial charge in [0.1, 0.15) is 0 Å². The van der Waals surface area contributed by atoms with E-state index in [1.165, 1.54) is 70.8 Å². The average Bonchev–Trinajstić information content (AvgIpc) is 2.73. The summed E-state index contributed by atoms with van der Waals surface area (Å²) < 4.78 is 10.6. The molecule has 192 valence electrons. The van der Waals surface area contributed by atoms with E-state index in [9.17, 15) is 9.59 Å². The summed E-state index contributed by atoms with van der Waals surface area (Å²) in [5.74, 6) is 2.20. The van der Waals surface area contributed by atoms with Crippen molar-refractivity contribution in [2.45, 2.75) is 113 Å². The first kappa shape index (κ1) is 29.9. The Labute approximate surface area is 208 Å². The summed E-state index contributed by atoms with van der Waals surface area (Å²) >= 11 is 0. The second-order valence-corrected chi connectivity index (χ2v) is 10.5. The third-order valence-corrected chi connectivity index (χ3v) is 6.37. The Kier molecular flexibility index (Phi) is 14.5. The van der Waals surface area contributed by atoms with Crippen molar-refractivity contribution in [1.29, 1.82) is 0 Å². The highest BCUT2D eigenvalue weighted by atomic mass is 16.6. The Morgan fingerprint density at radius 3 is 1.91 bits per heavy atom. The molecule has 4 nitrogen and oxygen atoms in total.